The summed E-state index contributed by atoms with van der Waals surface area (Å²) in [7, 11) is 1.29. The fourth-order valence-electron chi connectivity index (χ4n) is 1.49. The Morgan fingerprint density at radius 2 is 2.30 bits per heavy atom. The van der Waals surface area contributed by atoms with E-state index in [1.165, 1.54) is 24.9 Å². The summed E-state index contributed by atoms with van der Waals surface area (Å²) in [5.41, 5.74) is 6.34. The van der Waals surface area contributed by atoms with Gasteiger partial charge >= 0.3 is 5.97 Å². The van der Waals surface area contributed by atoms with Crippen molar-refractivity contribution >= 4 is 39.3 Å². The second-order valence-corrected chi connectivity index (χ2v) is 6.02. The van der Waals surface area contributed by atoms with Crippen molar-refractivity contribution in [1.82, 2.24) is 0 Å². The topological polar surface area (TPSA) is 95.5 Å². The van der Waals surface area contributed by atoms with Crippen LogP contribution >= 0.6 is 27.7 Å². The number of benzene rings is 1. The number of nitro groups is 1. The van der Waals surface area contributed by atoms with Crippen LogP contribution < -0.4 is 5.73 Å². The van der Waals surface area contributed by atoms with E-state index in [1.54, 1.807) is 12.1 Å². The quantitative estimate of drug-likeness (QED) is 0.346. The monoisotopic (exact) mass is 362 g/mol. The molecule has 0 aliphatic heterocycles. The number of esters is 1. The first-order valence-corrected chi connectivity index (χ1v) is 7.74. The third-order valence-electron chi connectivity index (χ3n) is 2.58. The molecule has 0 saturated heterocycles. The Morgan fingerprint density at radius 3 is 2.90 bits per heavy atom. The smallest absolute Gasteiger partial charge is 0.322 e. The SMILES string of the molecule is COC(=O)C(N)CCSCc1ccc(Br)cc1[N+](=O)[O-]. The van der Waals surface area contributed by atoms with Crippen LogP contribution in [0.15, 0.2) is 22.7 Å². The largest absolute Gasteiger partial charge is 0.468 e. The van der Waals surface area contributed by atoms with Gasteiger partial charge < -0.3 is 10.5 Å². The lowest BCUT2D eigenvalue weighted by Crippen LogP contribution is -2.31. The second-order valence-electron chi connectivity index (χ2n) is 4.00. The molecule has 0 aliphatic carbocycles. The van der Waals surface area contributed by atoms with Crippen molar-refractivity contribution < 1.29 is 14.5 Å². The number of nitrogens with zero attached hydrogens (tertiary/aromatic N) is 1. The van der Waals surface area contributed by atoms with Crippen molar-refractivity contribution in [2.45, 2.75) is 18.2 Å². The lowest BCUT2D eigenvalue weighted by atomic mass is 10.2. The molecule has 0 aromatic heterocycles. The fourth-order valence-corrected chi connectivity index (χ4v) is 2.87. The zero-order valence-corrected chi connectivity index (χ0v) is 13.3. The van der Waals surface area contributed by atoms with Gasteiger partial charge in [-0.3, -0.25) is 14.9 Å². The lowest BCUT2D eigenvalue weighted by molar-refractivity contribution is -0.385. The molecule has 0 amide bonds. The van der Waals surface area contributed by atoms with Crippen LogP contribution in [0, 0.1) is 10.1 Å². The van der Waals surface area contributed by atoms with Crippen LogP contribution in [-0.2, 0) is 15.3 Å². The number of thioether (sulfide) groups is 1. The molecule has 0 bridgehead atoms. The van der Waals surface area contributed by atoms with Gasteiger partial charge in [0.15, 0.2) is 0 Å². The van der Waals surface area contributed by atoms with Crippen LogP contribution in [0.2, 0.25) is 0 Å². The predicted octanol–water partition coefficient (Wildman–Crippen LogP) is 2.48. The molecule has 0 heterocycles. The van der Waals surface area contributed by atoms with E-state index in [0.717, 1.165) is 0 Å². The summed E-state index contributed by atoms with van der Waals surface area (Å²) in [6.07, 6.45) is 0.474. The van der Waals surface area contributed by atoms with E-state index >= 15 is 0 Å². The third kappa shape index (κ3) is 5.10. The van der Waals surface area contributed by atoms with Crippen LogP contribution in [0.5, 0.6) is 0 Å². The fraction of sp³-hybridized carbons (Fsp3) is 0.417. The Labute approximate surface area is 129 Å². The Bertz CT molecular complexity index is 498. The molecular formula is C12H15BrN2O4S. The molecule has 6 nitrogen and oxygen atoms in total. The molecule has 1 aromatic carbocycles. The number of rotatable bonds is 7. The maximum absolute atomic E-state index is 11.1. The number of hydrogen-bond acceptors (Lipinski definition) is 6. The molecule has 110 valence electrons. The molecule has 0 saturated carbocycles. The van der Waals surface area contributed by atoms with E-state index in [1.807, 2.05) is 0 Å². The van der Waals surface area contributed by atoms with Gasteiger partial charge in [0, 0.05) is 21.9 Å². The minimum absolute atomic E-state index is 0.0872. The highest BCUT2D eigenvalue weighted by Crippen LogP contribution is 2.27. The number of nitro benzene ring substituents is 1. The predicted molar refractivity (Wildman–Crippen MR) is 81.6 cm³/mol. The molecule has 0 spiro atoms. The van der Waals surface area contributed by atoms with Crippen LogP contribution in [0.4, 0.5) is 5.69 Å². The summed E-state index contributed by atoms with van der Waals surface area (Å²) in [6.45, 7) is 0. The van der Waals surface area contributed by atoms with Gasteiger partial charge in [-0.15, -0.1) is 0 Å². The van der Waals surface area contributed by atoms with Gasteiger partial charge in [0.05, 0.1) is 12.0 Å². The molecule has 0 fully saturated rings. The van der Waals surface area contributed by atoms with E-state index in [2.05, 4.69) is 20.7 Å². The van der Waals surface area contributed by atoms with E-state index in [-0.39, 0.29) is 5.69 Å². The number of nitrogens with two attached hydrogens (primary N) is 1. The molecular weight excluding hydrogens is 348 g/mol. The Morgan fingerprint density at radius 1 is 1.60 bits per heavy atom. The molecule has 1 unspecified atom stereocenters. The first-order valence-electron chi connectivity index (χ1n) is 5.79. The first kappa shape index (κ1) is 16.9. The van der Waals surface area contributed by atoms with Gasteiger partial charge in [-0.2, -0.15) is 11.8 Å². The van der Waals surface area contributed by atoms with Crippen molar-refractivity contribution in [2.24, 2.45) is 5.73 Å². The summed E-state index contributed by atoms with van der Waals surface area (Å²) < 4.78 is 5.20. The molecule has 8 heteroatoms. The molecule has 0 radical (unpaired) electrons. The molecule has 0 aliphatic rings. The average Bonchev–Trinajstić information content (AvgIpc) is 2.43. The van der Waals surface area contributed by atoms with E-state index in [9.17, 15) is 14.9 Å². The summed E-state index contributed by atoms with van der Waals surface area (Å²) >= 11 is 4.70. The van der Waals surface area contributed by atoms with E-state index in [4.69, 9.17) is 5.73 Å². The van der Waals surface area contributed by atoms with Crippen LogP contribution in [0.1, 0.15) is 12.0 Å². The van der Waals surface area contributed by atoms with E-state index < -0.39 is 16.9 Å². The van der Waals surface area contributed by atoms with Crippen molar-refractivity contribution in [2.75, 3.05) is 12.9 Å². The maximum atomic E-state index is 11.1. The summed E-state index contributed by atoms with van der Waals surface area (Å²) in [5.74, 6) is 0.682. The minimum atomic E-state index is -0.646. The van der Waals surface area contributed by atoms with Crippen molar-refractivity contribution in [3.05, 3.63) is 38.3 Å². The lowest BCUT2D eigenvalue weighted by Gasteiger charge is -2.08. The Kier molecular flexibility index (Phi) is 6.97. The van der Waals surface area contributed by atoms with Crippen molar-refractivity contribution in [3.8, 4) is 0 Å². The summed E-state index contributed by atoms with van der Waals surface area (Å²) in [5, 5.41) is 10.9. The van der Waals surface area contributed by atoms with Gasteiger partial charge in [0.1, 0.15) is 6.04 Å². The third-order valence-corrected chi connectivity index (χ3v) is 4.11. The van der Waals surface area contributed by atoms with Crippen LogP contribution in [0.25, 0.3) is 0 Å². The zero-order valence-electron chi connectivity index (χ0n) is 10.9. The molecule has 1 atom stereocenters. The van der Waals surface area contributed by atoms with Gasteiger partial charge in [0.2, 0.25) is 0 Å². The number of halogens is 1. The molecule has 20 heavy (non-hydrogen) atoms. The number of carbonyl (C=O) groups excluding carboxylic acids is 1. The number of ether oxygens (including phenoxy) is 1. The Hall–Kier alpha value is -1.12. The first-order chi connectivity index (χ1) is 9.45. The van der Waals surface area contributed by atoms with Crippen LogP contribution in [0.3, 0.4) is 0 Å². The van der Waals surface area contributed by atoms with Crippen LogP contribution in [-0.4, -0.2) is 29.8 Å². The highest BCUT2D eigenvalue weighted by Gasteiger charge is 2.15. The normalized spacial score (nSPS) is 11.9. The maximum Gasteiger partial charge on any atom is 0.322 e. The standard InChI is InChI=1S/C12H15BrN2O4S/c1-19-12(16)10(14)4-5-20-7-8-2-3-9(13)6-11(8)15(17)18/h2-3,6,10H,4-5,7,14H2,1H3. The average molecular weight is 363 g/mol. The highest BCUT2D eigenvalue weighted by atomic mass is 79.9. The minimum Gasteiger partial charge on any atom is -0.468 e. The number of methoxy groups -OCH3 is 1. The van der Waals surface area contributed by atoms with Crippen molar-refractivity contribution in [3.63, 3.8) is 0 Å². The summed E-state index contributed by atoms with van der Waals surface area (Å²) in [4.78, 5) is 21.6. The summed E-state index contributed by atoms with van der Waals surface area (Å²) in [6, 6.07) is 4.32. The van der Waals surface area contributed by atoms with Gasteiger partial charge in [0.25, 0.3) is 5.69 Å². The zero-order chi connectivity index (χ0) is 15.1. The Balaban J connectivity index is 2.50. The van der Waals surface area contributed by atoms with E-state index in [0.29, 0.717) is 28.0 Å². The van der Waals surface area contributed by atoms with Gasteiger partial charge in [-0.1, -0.05) is 22.0 Å². The van der Waals surface area contributed by atoms with Crippen molar-refractivity contribution in [1.29, 1.82) is 0 Å². The van der Waals surface area contributed by atoms with Gasteiger partial charge in [-0.05, 0) is 18.2 Å². The second kappa shape index (κ2) is 8.23. The molecule has 2 N–H and O–H groups in total. The van der Waals surface area contributed by atoms with Gasteiger partial charge in [-0.25, -0.2) is 0 Å². The molecule has 1 rings (SSSR count). The number of carbonyl (C=O) groups is 1. The molecule has 1 aromatic rings. The number of hydrogen-bond donors (Lipinski definition) is 1. The highest BCUT2D eigenvalue weighted by molar-refractivity contribution is 9.10.